The Morgan fingerprint density at radius 1 is 1.05 bits per heavy atom. The molecular formula is C17H19F2N. The number of nitrogens with one attached hydrogen (secondary N) is 1. The van der Waals surface area contributed by atoms with E-state index in [0.29, 0.717) is 0 Å². The standard InChI is InChI=1S/C17H19F2N/c1-3-4-13-5-7-14(8-6-13)12(2)20-17-11-15(18)9-10-16(17)19/h5-12,20H,3-4H2,1-2H3. The van der Waals surface area contributed by atoms with Crippen LogP contribution in [0.25, 0.3) is 0 Å². The van der Waals surface area contributed by atoms with Gasteiger partial charge in [0.1, 0.15) is 11.6 Å². The first-order valence-electron chi connectivity index (χ1n) is 6.90. The SMILES string of the molecule is CCCc1ccc(C(C)Nc2cc(F)ccc2F)cc1. The van der Waals surface area contributed by atoms with Gasteiger partial charge in [-0.25, -0.2) is 8.78 Å². The molecule has 0 radical (unpaired) electrons. The van der Waals surface area contributed by atoms with E-state index in [0.717, 1.165) is 30.5 Å². The molecule has 106 valence electrons. The van der Waals surface area contributed by atoms with Crippen LogP contribution in [0, 0.1) is 11.6 Å². The number of hydrogen-bond acceptors (Lipinski definition) is 1. The Bertz CT molecular complexity index is 564. The molecule has 0 saturated carbocycles. The summed E-state index contributed by atoms with van der Waals surface area (Å²) in [5.41, 5.74) is 2.53. The summed E-state index contributed by atoms with van der Waals surface area (Å²) >= 11 is 0. The van der Waals surface area contributed by atoms with Crippen LogP contribution in [0.15, 0.2) is 42.5 Å². The number of rotatable bonds is 5. The molecule has 2 aromatic rings. The van der Waals surface area contributed by atoms with Gasteiger partial charge in [0.05, 0.1) is 5.69 Å². The molecule has 0 amide bonds. The molecule has 0 aromatic heterocycles. The highest BCUT2D eigenvalue weighted by atomic mass is 19.1. The Labute approximate surface area is 118 Å². The summed E-state index contributed by atoms with van der Waals surface area (Å²) in [5, 5.41) is 3.00. The van der Waals surface area contributed by atoms with Crippen molar-refractivity contribution in [3.8, 4) is 0 Å². The van der Waals surface area contributed by atoms with Gasteiger partial charge in [0, 0.05) is 6.04 Å². The third-order valence-corrected chi connectivity index (χ3v) is 3.32. The second-order valence-electron chi connectivity index (χ2n) is 4.98. The van der Waals surface area contributed by atoms with Crippen molar-refractivity contribution in [1.29, 1.82) is 0 Å². The predicted octanol–water partition coefficient (Wildman–Crippen LogP) is 5.09. The molecule has 0 bridgehead atoms. The topological polar surface area (TPSA) is 12.0 Å². The number of aryl methyl sites for hydroxylation is 1. The Kier molecular flexibility index (Phi) is 4.72. The Morgan fingerprint density at radius 3 is 2.40 bits per heavy atom. The van der Waals surface area contributed by atoms with Crippen molar-refractivity contribution in [2.24, 2.45) is 0 Å². The summed E-state index contributed by atoms with van der Waals surface area (Å²) in [6.07, 6.45) is 2.17. The van der Waals surface area contributed by atoms with E-state index in [1.54, 1.807) is 0 Å². The van der Waals surface area contributed by atoms with Gasteiger partial charge in [-0.3, -0.25) is 0 Å². The van der Waals surface area contributed by atoms with E-state index in [1.165, 1.54) is 11.6 Å². The van der Waals surface area contributed by atoms with Crippen LogP contribution in [0.1, 0.15) is 37.4 Å². The van der Waals surface area contributed by atoms with Gasteiger partial charge in [-0.15, -0.1) is 0 Å². The number of hydrogen-bond donors (Lipinski definition) is 1. The van der Waals surface area contributed by atoms with Crippen LogP contribution in [0.4, 0.5) is 14.5 Å². The van der Waals surface area contributed by atoms with E-state index in [9.17, 15) is 8.78 Å². The van der Waals surface area contributed by atoms with E-state index in [4.69, 9.17) is 0 Å². The molecule has 20 heavy (non-hydrogen) atoms. The van der Waals surface area contributed by atoms with Crippen molar-refractivity contribution in [2.45, 2.75) is 32.7 Å². The van der Waals surface area contributed by atoms with Gasteiger partial charge in [0.15, 0.2) is 0 Å². The molecule has 0 aliphatic rings. The molecule has 0 fully saturated rings. The highest BCUT2D eigenvalue weighted by molar-refractivity contribution is 5.47. The molecule has 0 spiro atoms. The molecule has 0 heterocycles. The number of anilines is 1. The second kappa shape index (κ2) is 6.51. The van der Waals surface area contributed by atoms with Crippen molar-refractivity contribution >= 4 is 5.69 Å². The van der Waals surface area contributed by atoms with Crippen molar-refractivity contribution in [1.82, 2.24) is 0 Å². The average Bonchev–Trinajstić information content (AvgIpc) is 2.44. The lowest BCUT2D eigenvalue weighted by Gasteiger charge is -2.16. The fourth-order valence-corrected chi connectivity index (χ4v) is 2.19. The van der Waals surface area contributed by atoms with Gasteiger partial charge < -0.3 is 5.32 Å². The molecule has 1 N–H and O–H groups in total. The third-order valence-electron chi connectivity index (χ3n) is 3.32. The predicted molar refractivity (Wildman–Crippen MR) is 78.8 cm³/mol. The summed E-state index contributed by atoms with van der Waals surface area (Å²) in [6.45, 7) is 4.07. The Balaban J connectivity index is 2.11. The fraction of sp³-hybridized carbons (Fsp3) is 0.294. The van der Waals surface area contributed by atoms with E-state index in [2.05, 4.69) is 24.4 Å². The normalized spacial score (nSPS) is 12.2. The lowest BCUT2D eigenvalue weighted by atomic mass is 10.0. The summed E-state index contributed by atoms with van der Waals surface area (Å²) in [4.78, 5) is 0. The summed E-state index contributed by atoms with van der Waals surface area (Å²) in [7, 11) is 0. The molecule has 3 heteroatoms. The minimum absolute atomic E-state index is 0.0815. The van der Waals surface area contributed by atoms with Crippen molar-refractivity contribution < 1.29 is 8.78 Å². The van der Waals surface area contributed by atoms with E-state index < -0.39 is 11.6 Å². The van der Waals surface area contributed by atoms with Gasteiger partial charge in [0.25, 0.3) is 0 Å². The molecule has 1 unspecified atom stereocenters. The summed E-state index contributed by atoms with van der Waals surface area (Å²) in [5.74, 6) is -0.889. The van der Waals surface area contributed by atoms with Gasteiger partial charge in [-0.2, -0.15) is 0 Å². The fourth-order valence-electron chi connectivity index (χ4n) is 2.19. The molecule has 1 nitrogen and oxygen atoms in total. The molecule has 1 atom stereocenters. The zero-order valence-corrected chi connectivity index (χ0v) is 11.8. The minimum atomic E-state index is -0.445. The highest BCUT2D eigenvalue weighted by Gasteiger charge is 2.09. The molecule has 2 rings (SSSR count). The lowest BCUT2D eigenvalue weighted by Crippen LogP contribution is -2.08. The van der Waals surface area contributed by atoms with Crippen LogP contribution < -0.4 is 5.32 Å². The summed E-state index contributed by atoms with van der Waals surface area (Å²) < 4.78 is 26.7. The molecule has 2 aromatic carbocycles. The number of halogens is 2. The first-order chi connectivity index (χ1) is 9.60. The van der Waals surface area contributed by atoms with Crippen LogP contribution >= 0.6 is 0 Å². The first-order valence-corrected chi connectivity index (χ1v) is 6.90. The van der Waals surface area contributed by atoms with Gasteiger partial charge in [-0.1, -0.05) is 37.6 Å². The van der Waals surface area contributed by atoms with Crippen molar-refractivity contribution in [3.05, 3.63) is 65.2 Å². The second-order valence-corrected chi connectivity index (χ2v) is 4.98. The zero-order chi connectivity index (χ0) is 14.5. The van der Waals surface area contributed by atoms with Crippen LogP contribution in [0.2, 0.25) is 0 Å². The van der Waals surface area contributed by atoms with Crippen LogP contribution in [-0.2, 0) is 6.42 Å². The van der Waals surface area contributed by atoms with E-state index in [-0.39, 0.29) is 11.7 Å². The smallest absolute Gasteiger partial charge is 0.146 e. The zero-order valence-electron chi connectivity index (χ0n) is 11.8. The molecule has 0 aliphatic heterocycles. The first kappa shape index (κ1) is 14.5. The number of benzene rings is 2. The van der Waals surface area contributed by atoms with Crippen LogP contribution in [0.3, 0.4) is 0 Å². The monoisotopic (exact) mass is 275 g/mol. The lowest BCUT2D eigenvalue weighted by molar-refractivity contribution is 0.600. The van der Waals surface area contributed by atoms with Gasteiger partial charge in [0.2, 0.25) is 0 Å². The quantitative estimate of drug-likeness (QED) is 0.801. The third kappa shape index (κ3) is 3.56. The maximum absolute atomic E-state index is 13.6. The highest BCUT2D eigenvalue weighted by Crippen LogP contribution is 2.23. The molecule has 0 aliphatic carbocycles. The van der Waals surface area contributed by atoms with Crippen molar-refractivity contribution in [3.63, 3.8) is 0 Å². The molecular weight excluding hydrogens is 256 g/mol. The Morgan fingerprint density at radius 2 is 1.75 bits per heavy atom. The maximum Gasteiger partial charge on any atom is 0.146 e. The van der Waals surface area contributed by atoms with Crippen LogP contribution in [0.5, 0.6) is 0 Å². The molecule has 0 saturated heterocycles. The van der Waals surface area contributed by atoms with E-state index >= 15 is 0 Å². The summed E-state index contributed by atoms with van der Waals surface area (Å²) in [6, 6.07) is 11.6. The van der Waals surface area contributed by atoms with Gasteiger partial charge >= 0.3 is 0 Å². The van der Waals surface area contributed by atoms with Crippen molar-refractivity contribution in [2.75, 3.05) is 5.32 Å². The maximum atomic E-state index is 13.6. The average molecular weight is 275 g/mol. The Hall–Kier alpha value is -1.90. The minimum Gasteiger partial charge on any atom is -0.376 e. The largest absolute Gasteiger partial charge is 0.376 e. The van der Waals surface area contributed by atoms with Gasteiger partial charge in [-0.05, 0) is 42.7 Å². The van der Waals surface area contributed by atoms with Crippen LogP contribution in [-0.4, -0.2) is 0 Å². The van der Waals surface area contributed by atoms with E-state index in [1.807, 2.05) is 19.1 Å².